The lowest BCUT2D eigenvalue weighted by atomic mass is 9.98. The van der Waals surface area contributed by atoms with Crippen molar-refractivity contribution in [3.05, 3.63) is 33.0 Å². The smallest absolute Gasteiger partial charge is 0.206 e. The first kappa shape index (κ1) is 9.66. The summed E-state index contributed by atoms with van der Waals surface area (Å²) < 4.78 is 13.4. The molecule has 68 valence electrons. The van der Waals surface area contributed by atoms with Crippen molar-refractivity contribution in [1.82, 2.24) is 0 Å². The lowest BCUT2D eigenvalue weighted by Gasteiger charge is -2.04. The van der Waals surface area contributed by atoms with Gasteiger partial charge >= 0.3 is 5.69 Å². The van der Waals surface area contributed by atoms with Gasteiger partial charge in [0.15, 0.2) is 4.98 Å². The molecule has 0 heterocycles. The van der Waals surface area contributed by atoms with Gasteiger partial charge in [0.1, 0.15) is 5.82 Å². The van der Waals surface area contributed by atoms with E-state index in [4.69, 9.17) is 5.39 Å². The number of diazo groups is 1. The molecule has 1 aromatic carbocycles. The molecule has 0 radical (unpaired) electrons. The van der Waals surface area contributed by atoms with Crippen LogP contribution in [-0.2, 0) is 0 Å². The Morgan fingerprint density at radius 1 is 0.923 bits per heavy atom. The summed E-state index contributed by atoms with van der Waals surface area (Å²) in [6, 6.07) is 0. The molecule has 0 aliphatic heterocycles. The highest BCUT2D eigenvalue weighted by atomic mass is 19.1. The Balaban J connectivity index is 3.69. The first-order chi connectivity index (χ1) is 6.00. The molecule has 1 rings (SSSR count). The summed E-state index contributed by atoms with van der Waals surface area (Å²) in [7, 11) is 0. The van der Waals surface area contributed by atoms with Crippen molar-refractivity contribution in [2.24, 2.45) is 0 Å². The van der Waals surface area contributed by atoms with E-state index in [2.05, 4.69) is 4.98 Å². The van der Waals surface area contributed by atoms with Crippen molar-refractivity contribution >= 4 is 5.69 Å². The Morgan fingerprint density at radius 2 is 1.31 bits per heavy atom. The molecule has 0 saturated heterocycles. The van der Waals surface area contributed by atoms with Crippen LogP contribution < -0.4 is 0 Å². The number of halogens is 1. The summed E-state index contributed by atoms with van der Waals surface area (Å²) in [6.45, 7) is 6.87. The molecule has 0 amide bonds. The first-order valence-electron chi connectivity index (χ1n) is 4.11. The van der Waals surface area contributed by atoms with Crippen molar-refractivity contribution in [3.8, 4) is 0 Å². The van der Waals surface area contributed by atoms with E-state index in [-0.39, 0.29) is 5.82 Å². The van der Waals surface area contributed by atoms with Crippen molar-refractivity contribution in [1.29, 1.82) is 5.39 Å². The van der Waals surface area contributed by atoms with E-state index in [9.17, 15) is 4.39 Å². The van der Waals surface area contributed by atoms with Crippen LogP contribution in [0.2, 0.25) is 0 Å². The van der Waals surface area contributed by atoms with E-state index >= 15 is 0 Å². The summed E-state index contributed by atoms with van der Waals surface area (Å²) in [5.41, 5.74) is 2.98. The molecule has 0 spiro atoms. The molecule has 0 aromatic heterocycles. The fourth-order valence-electron chi connectivity index (χ4n) is 1.40. The fraction of sp³-hybridized carbons (Fsp3) is 0.400. The van der Waals surface area contributed by atoms with Gasteiger partial charge in [0, 0.05) is 0 Å². The molecule has 0 atom stereocenters. The topological polar surface area (TPSA) is 28.1 Å². The lowest BCUT2D eigenvalue weighted by Crippen LogP contribution is -1.95. The van der Waals surface area contributed by atoms with Gasteiger partial charge in [-0.2, -0.15) is 0 Å². The molecular weight excluding hydrogens is 167 g/mol. The molecule has 0 N–H and O–H groups in total. The van der Waals surface area contributed by atoms with Crippen LogP contribution in [0.1, 0.15) is 22.3 Å². The Morgan fingerprint density at radius 3 is 1.62 bits per heavy atom. The van der Waals surface area contributed by atoms with Gasteiger partial charge in [-0.25, -0.2) is 4.39 Å². The highest BCUT2D eigenvalue weighted by Gasteiger charge is 2.22. The maximum atomic E-state index is 13.4. The number of nitrogens with zero attached hydrogens (tertiary/aromatic N) is 2. The summed E-state index contributed by atoms with van der Waals surface area (Å²) in [6.07, 6.45) is 0. The van der Waals surface area contributed by atoms with Crippen molar-refractivity contribution in [3.63, 3.8) is 0 Å². The van der Waals surface area contributed by atoms with Crippen LogP contribution in [0.4, 0.5) is 10.1 Å². The average Bonchev–Trinajstić information content (AvgIpc) is 2.13. The zero-order chi connectivity index (χ0) is 10.2. The molecule has 3 heteroatoms. The van der Waals surface area contributed by atoms with Crippen LogP contribution in [0.3, 0.4) is 0 Å². The van der Waals surface area contributed by atoms with E-state index in [1.165, 1.54) is 0 Å². The van der Waals surface area contributed by atoms with E-state index < -0.39 is 0 Å². The van der Waals surface area contributed by atoms with Gasteiger partial charge in [-0.1, -0.05) is 0 Å². The third kappa shape index (κ3) is 1.29. The molecule has 0 aliphatic carbocycles. The van der Waals surface area contributed by atoms with Gasteiger partial charge in [0.2, 0.25) is 5.39 Å². The van der Waals surface area contributed by atoms with Crippen LogP contribution >= 0.6 is 0 Å². The Kier molecular flexibility index (Phi) is 2.33. The highest BCUT2D eigenvalue weighted by molar-refractivity contribution is 5.62. The van der Waals surface area contributed by atoms with Crippen LogP contribution in [-0.4, -0.2) is 0 Å². The Labute approximate surface area is 77.0 Å². The minimum Gasteiger partial charge on any atom is -0.206 e. The zero-order valence-electron chi connectivity index (χ0n) is 8.27. The van der Waals surface area contributed by atoms with Gasteiger partial charge in [-0.3, -0.25) is 0 Å². The molecule has 1 aromatic rings. The van der Waals surface area contributed by atoms with Gasteiger partial charge in [-0.05, 0) is 38.8 Å². The molecule has 0 fully saturated rings. The molecular formula is C10H12FN2+. The van der Waals surface area contributed by atoms with Gasteiger partial charge in [0.25, 0.3) is 0 Å². The van der Waals surface area contributed by atoms with Crippen LogP contribution in [0, 0.1) is 38.9 Å². The van der Waals surface area contributed by atoms with Crippen LogP contribution in [0.5, 0.6) is 0 Å². The second-order valence-electron chi connectivity index (χ2n) is 3.26. The molecule has 13 heavy (non-hydrogen) atoms. The van der Waals surface area contributed by atoms with E-state index in [0.29, 0.717) is 27.9 Å². The van der Waals surface area contributed by atoms with Crippen LogP contribution in [0.15, 0.2) is 0 Å². The number of hydrogen-bond acceptors (Lipinski definition) is 1. The van der Waals surface area contributed by atoms with Crippen molar-refractivity contribution in [2.75, 3.05) is 0 Å². The largest absolute Gasteiger partial charge is 0.391 e. The maximum absolute atomic E-state index is 13.4. The molecule has 0 bridgehead atoms. The van der Waals surface area contributed by atoms with E-state index in [1.807, 2.05) is 0 Å². The molecule has 0 unspecified atom stereocenters. The highest BCUT2D eigenvalue weighted by Crippen LogP contribution is 2.31. The molecule has 2 nitrogen and oxygen atoms in total. The maximum Gasteiger partial charge on any atom is 0.391 e. The van der Waals surface area contributed by atoms with Crippen molar-refractivity contribution in [2.45, 2.75) is 27.7 Å². The minimum atomic E-state index is -0.206. The van der Waals surface area contributed by atoms with Gasteiger partial charge < -0.3 is 0 Å². The third-order valence-electron chi connectivity index (χ3n) is 2.59. The summed E-state index contributed by atoms with van der Waals surface area (Å²) in [4.78, 5) is 3.17. The normalized spacial score (nSPS) is 9.85. The van der Waals surface area contributed by atoms with Gasteiger partial charge in [-0.15, -0.1) is 0 Å². The Bertz CT molecular complexity index is 373. The molecule has 0 aliphatic rings. The Hall–Kier alpha value is -1.43. The number of hydrogen-bond donors (Lipinski definition) is 0. The molecule has 0 saturated carbocycles. The van der Waals surface area contributed by atoms with Crippen molar-refractivity contribution < 1.29 is 4.39 Å². The number of benzene rings is 1. The average molecular weight is 179 g/mol. The first-order valence-corrected chi connectivity index (χ1v) is 4.11. The summed E-state index contributed by atoms with van der Waals surface area (Å²) in [5.74, 6) is -0.206. The lowest BCUT2D eigenvalue weighted by molar-refractivity contribution is 0.606. The van der Waals surface area contributed by atoms with Gasteiger partial charge in [0.05, 0.1) is 11.1 Å². The second-order valence-corrected chi connectivity index (χ2v) is 3.26. The monoisotopic (exact) mass is 179 g/mol. The predicted octanol–water partition coefficient (Wildman–Crippen LogP) is 3.54. The number of rotatable bonds is 0. The third-order valence-corrected chi connectivity index (χ3v) is 2.59. The van der Waals surface area contributed by atoms with E-state index in [1.54, 1.807) is 27.7 Å². The summed E-state index contributed by atoms with van der Waals surface area (Å²) in [5, 5.41) is 8.74. The summed E-state index contributed by atoms with van der Waals surface area (Å²) >= 11 is 0. The predicted molar refractivity (Wildman–Crippen MR) is 50.1 cm³/mol. The quantitative estimate of drug-likeness (QED) is 0.560. The van der Waals surface area contributed by atoms with Crippen LogP contribution in [0.25, 0.3) is 4.98 Å². The fourth-order valence-corrected chi connectivity index (χ4v) is 1.40. The second kappa shape index (κ2) is 3.14. The zero-order valence-corrected chi connectivity index (χ0v) is 8.27. The SMILES string of the molecule is Cc1c(C)c([N+]#N)c(C)c(C)c1F. The standard InChI is InChI=1S/C10H12FN2/c1-5-7(3)10(13-12)8(4)6(2)9(5)11/h1-4H3/q+1. The van der Waals surface area contributed by atoms with E-state index in [0.717, 1.165) is 0 Å². The minimum absolute atomic E-state index is 0.206.